The summed E-state index contributed by atoms with van der Waals surface area (Å²) in [5.74, 6) is -1.17. The van der Waals surface area contributed by atoms with Gasteiger partial charge in [-0.2, -0.15) is 0 Å². The lowest BCUT2D eigenvalue weighted by Gasteiger charge is -2.45. The van der Waals surface area contributed by atoms with Gasteiger partial charge < -0.3 is 30.3 Å². The number of carbonyl (C=O) groups excluding carboxylic acids is 5. The molecule has 0 saturated heterocycles. The number of hydrogen-bond donors (Lipinski definition) is 4. The molecule has 2 heterocycles. The van der Waals surface area contributed by atoms with Crippen molar-refractivity contribution in [2.75, 3.05) is 11.9 Å². The summed E-state index contributed by atoms with van der Waals surface area (Å²) < 4.78 is 6.91. The fourth-order valence-corrected chi connectivity index (χ4v) is 7.32. The van der Waals surface area contributed by atoms with Crippen molar-refractivity contribution in [3.63, 3.8) is 0 Å². The molecule has 5 atom stereocenters. The Morgan fingerprint density at radius 2 is 2.02 bits per heavy atom. The molecular formula is C36H53N5O7. The van der Waals surface area contributed by atoms with Crippen molar-refractivity contribution >= 4 is 41.2 Å². The van der Waals surface area contributed by atoms with E-state index in [0.29, 0.717) is 24.0 Å². The monoisotopic (exact) mass is 667 g/mol. The fraction of sp³-hybridized carbons (Fsp3) is 0.500. The van der Waals surface area contributed by atoms with Gasteiger partial charge in [0.05, 0.1) is 0 Å². The first-order chi connectivity index (χ1) is 23.2. The number of aryl methyl sites for hydroxylation is 1. The Kier molecular flexibility index (Phi) is 11.5. The van der Waals surface area contributed by atoms with E-state index in [-0.39, 0.29) is 55.0 Å². The standard InChI is InChI=1S/C36H45N5O7.4H2/c1-3-16-37-34(45)28(42)15-14-26(38-35(46)30-20-24-10-5-6-13-29(24)48-30)33(44)39-27-12-8-17-41(36(27)47)21-31(43)40-32-23(4-2)18-22-9-7-11-25(32)19-22;;;;/h3,6,8,12-13,17,20,22-23,25-26,32H,1,4-5,7,9-11,14-16,18-19,21H2,2H3,(H,37,45)(H,38,46)(H,39,44)(H,40,43);4*1H/t22?,23?,25?,26-,32?;;;;/m0..../s1. The molecule has 0 aromatic carbocycles. The summed E-state index contributed by atoms with van der Waals surface area (Å²) in [7, 11) is 0. The topological polar surface area (TPSA) is 169 Å². The molecule has 12 heteroatoms. The normalized spacial score (nSPS) is 21.7. The number of nitrogens with zero attached hydrogens (tertiary/aromatic N) is 1. The average Bonchev–Trinajstić information content (AvgIpc) is 3.53. The highest BCUT2D eigenvalue weighted by Crippen LogP contribution is 2.43. The van der Waals surface area contributed by atoms with Gasteiger partial charge in [-0.15, -0.1) is 6.58 Å². The molecule has 4 N–H and O–H groups in total. The molecule has 4 amide bonds. The quantitative estimate of drug-likeness (QED) is 0.170. The van der Waals surface area contributed by atoms with E-state index in [1.165, 1.54) is 35.7 Å². The third-order valence-corrected chi connectivity index (χ3v) is 9.78. The van der Waals surface area contributed by atoms with E-state index in [1.807, 2.05) is 6.08 Å². The summed E-state index contributed by atoms with van der Waals surface area (Å²) in [5.41, 5.74) is 0.176. The van der Waals surface area contributed by atoms with Crippen LogP contribution < -0.4 is 26.8 Å². The Balaban J connectivity index is 0.00000338. The van der Waals surface area contributed by atoms with Gasteiger partial charge >= 0.3 is 0 Å². The number of nitrogens with one attached hydrogen (secondary N) is 4. The molecule has 0 spiro atoms. The Bertz CT molecular complexity index is 1660. The van der Waals surface area contributed by atoms with Crippen molar-refractivity contribution in [3.05, 3.63) is 70.6 Å². The molecule has 0 aliphatic heterocycles. The highest BCUT2D eigenvalue weighted by Gasteiger charge is 2.39. The van der Waals surface area contributed by atoms with E-state index in [2.05, 4.69) is 34.8 Å². The third kappa shape index (κ3) is 8.39. The third-order valence-electron chi connectivity index (χ3n) is 9.78. The Labute approximate surface area is 285 Å². The van der Waals surface area contributed by atoms with Crippen LogP contribution in [0.5, 0.6) is 0 Å². The van der Waals surface area contributed by atoms with Crippen LogP contribution in [0.25, 0.3) is 6.08 Å². The molecule has 12 nitrogen and oxygen atoms in total. The van der Waals surface area contributed by atoms with Gasteiger partial charge in [0.1, 0.15) is 24.0 Å². The lowest BCUT2D eigenvalue weighted by atomic mass is 9.64. The first-order valence-corrected chi connectivity index (χ1v) is 17.0. The molecule has 2 fully saturated rings. The van der Waals surface area contributed by atoms with Gasteiger partial charge in [0.15, 0.2) is 5.76 Å². The minimum Gasteiger partial charge on any atom is -0.451 e. The van der Waals surface area contributed by atoms with Crippen molar-refractivity contribution in [3.8, 4) is 0 Å². The van der Waals surface area contributed by atoms with Gasteiger partial charge in [0.25, 0.3) is 17.4 Å². The Morgan fingerprint density at radius 1 is 1.19 bits per heavy atom. The zero-order valence-electron chi connectivity index (χ0n) is 27.4. The highest BCUT2D eigenvalue weighted by molar-refractivity contribution is 6.36. The largest absolute Gasteiger partial charge is 0.451 e. The van der Waals surface area contributed by atoms with E-state index in [0.717, 1.165) is 43.6 Å². The van der Waals surface area contributed by atoms with E-state index >= 15 is 0 Å². The zero-order valence-corrected chi connectivity index (χ0v) is 27.4. The van der Waals surface area contributed by atoms with Gasteiger partial charge in [0.2, 0.25) is 17.6 Å². The van der Waals surface area contributed by atoms with Crippen LogP contribution in [0, 0.1) is 17.8 Å². The van der Waals surface area contributed by atoms with Gasteiger partial charge in [-0.05, 0) is 86.1 Å². The van der Waals surface area contributed by atoms with E-state index < -0.39 is 35.1 Å². The second-order valence-corrected chi connectivity index (χ2v) is 13.1. The smallest absolute Gasteiger partial charge is 0.287 e. The number of aromatic nitrogens is 1. The van der Waals surface area contributed by atoms with Gasteiger partial charge in [0, 0.05) is 30.9 Å². The molecule has 2 bridgehead atoms. The summed E-state index contributed by atoms with van der Waals surface area (Å²) in [6.45, 7) is 5.54. The molecule has 264 valence electrons. The fourth-order valence-electron chi connectivity index (χ4n) is 7.32. The van der Waals surface area contributed by atoms with Gasteiger partial charge in [-0.3, -0.25) is 28.8 Å². The number of furan rings is 1. The van der Waals surface area contributed by atoms with Gasteiger partial charge in [-0.1, -0.05) is 38.3 Å². The van der Waals surface area contributed by atoms with Crippen LogP contribution in [-0.4, -0.2) is 52.6 Å². The number of allylic oxidation sites excluding steroid dienone is 1. The molecular weight excluding hydrogens is 614 g/mol. The first-order valence-electron chi connectivity index (χ1n) is 17.0. The van der Waals surface area contributed by atoms with Gasteiger partial charge in [-0.25, -0.2) is 0 Å². The minimum absolute atomic E-state index is 0. The summed E-state index contributed by atoms with van der Waals surface area (Å²) in [6.07, 6.45) is 14.4. The van der Waals surface area contributed by atoms with Crippen LogP contribution in [0.2, 0.25) is 0 Å². The number of anilines is 1. The number of amides is 4. The number of rotatable bonds is 14. The number of pyridine rings is 1. The second kappa shape index (κ2) is 15.9. The second-order valence-electron chi connectivity index (χ2n) is 13.1. The van der Waals surface area contributed by atoms with Crippen LogP contribution >= 0.6 is 0 Å². The predicted octanol–water partition coefficient (Wildman–Crippen LogP) is 4.49. The SMILES string of the molecule is C=CCNC(=O)C(=O)CC[C@H](NC(=O)c1cc2c(o1)C=CCC2)C(=O)Nc1cccn(CC(=O)NC2C(CC)CC3CCCC2C3)c1=O.[HH].[HH].[HH].[HH]. The van der Waals surface area contributed by atoms with Crippen LogP contribution in [0.1, 0.15) is 92.3 Å². The van der Waals surface area contributed by atoms with E-state index in [4.69, 9.17) is 4.42 Å². The summed E-state index contributed by atoms with van der Waals surface area (Å²) in [4.78, 5) is 77.9. The van der Waals surface area contributed by atoms with E-state index in [1.54, 1.807) is 18.2 Å². The number of fused-ring (bicyclic) bond motifs is 3. The molecule has 4 unspecified atom stereocenters. The number of ketones is 1. The number of hydrogen-bond acceptors (Lipinski definition) is 7. The van der Waals surface area contributed by atoms with Crippen molar-refractivity contribution in [2.45, 2.75) is 89.8 Å². The first kappa shape index (κ1) is 34.6. The Morgan fingerprint density at radius 3 is 2.79 bits per heavy atom. The van der Waals surface area contributed by atoms with E-state index in [9.17, 15) is 28.8 Å². The average molecular weight is 668 g/mol. The molecule has 2 aromatic rings. The maximum Gasteiger partial charge on any atom is 0.287 e. The minimum atomic E-state index is -1.29. The van der Waals surface area contributed by atoms with Crippen LogP contribution in [0.3, 0.4) is 0 Å². The lowest BCUT2D eigenvalue weighted by molar-refractivity contribution is -0.138. The molecule has 0 radical (unpaired) electrons. The number of Topliss-reactive ketones (excluding diaryl/α,β-unsaturated/α-hetero) is 1. The molecule has 3 aliphatic rings. The maximum atomic E-state index is 13.5. The van der Waals surface area contributed by atoms with Crippen LogP contribution in [0.4, 0.5) is 5.69 Å². The molecule has 3 aliphatic carbocycles. The summed E-state index contributed by atoms with van der Waals surface area (Å²) >= 11 is 0. The lowest BCUT2D eigenvalue weighted by Crippen LogP contribution is -2.51. The van der Waals surface area contributed by atoms with Crippen molar-refractivity contribution in [1.82, 2.24) is 20.5 Å². The van der Waals surface area contributed by atoms with Crippen molar-refractivity contribution in [2.24, 2.45) is 17.8 Å². The predicted molar refractivity (Wildman–Crippen MR) is 188 cm³/mol. The molecule has 5 rings (SSSR count). The molecule has 2 saturated carbocycles. The zero-order chi connectivity index (χ0) is 34.2. The molecule has 48 heavy (non-hydrogen) atoms. The highest BCUT2D eigenvalue weighted by atomic mass is 16.4. The molecule has 2 aromatic heterocycles. The number of carbonyl (C=O) groups is 5. The Hall–Kier alpha value is -4.74. The summed E-state index contributed by atoms with van der Waals surface area (Å²) in [5, 5.41) is 10.8. The van der Waals surface area contributed by atoms with Crippen LogP contribution in [-0.2, 0) is 32.1 Å². The van der Waals surface area contributed by atoms with Crippen LogP contribution in [0.15, 0.2) is 52.3 Å². The summed E-state index contributed by atoms with van der Waals surface area (Å²) in [6, 6.07) is 3.36. The van der Waals surface area contributed by atoms with Crippen molar-refractivity contribution < 1.29 is 34.1 Å². The van der Waals surface area contributed by atoms with Crippen molar-refractivity contribution in [1.29, 1.82) is 0 Å². The maximum absolute atomic E-state index is 13.5.